The van der Waals surface area contributed by atoms with E-state index in [9.17, 15) is 26.7 Å². The monoisotopic (exact) mass is 416 g/mol. The van der Waals surface area contributed by atoms with E-state index in [0.717, 1.165) is 11.8 Å². The van der Waals surface area contributed by atoms with Crippen LogP contribution in [0.4, 0.5) is 22.0 Å². The van der Waals surface area contributed by atoms with Crippen molar-refractivity contribution in [2.75, 3.05) is 6.54 Å². The van der Waals surface area contributed by atoms with Crippen LogP contribution in [0.2, 0.25) is 0 Å². The first-order valence-corrected chi connectivity index (χ1v) is 8.60. The van der Waals surface area contributed by atoms with Crippen molar-refractivity contribution in [3.63, 3.8) is 0 Å². The van der Waals surface area contributed by atoms with Gasteiger partial charge in [-0.2, -0.15) is 32.1 Å². The topological polar surface area (TPSA) is 77.1 Å². The molecule has 0 aromatic carbocycles. The summed E-state index contributed by atoms with van der Waals surface area (Å²) in [5.41, 5.74) is -1.09. The number of nitrogens with zero attached hydrogens (tertiary/aromatic N) is 5. The standard InChI is InChI=1S/C17H17F5N6O/c1-10-8-13(16(18,19)17(20,21)22)28-14(25-10)9-12(26-28)15(29)23-5-3-7-27-11(2)4-6-24-27/h4,6,8-9H,3,5,7H2,1-2H3,(H,23,29). The van der Waals surface area contributed by atoms with E-state index in [-0.39, 0.29) is 23.6 Å². The first kappa shape index (κ1) is 20.7. The third-order valence-electron chi connectivity index (χ3n) is 4.23. The van der Waals surface area contributed by atoms with Crippen molar-refractivity contribution in [2.45, 2.75) is 38.9 Å². The molecule has 0 fully saturated rings. The molecule has 0 aliphatic heterocycles. The van der Waals surface area contributed by atoms with Gasteiger partial charge in [0.05, 0.1) is 0 Å². The smallest absolute Gasteiger partial charge is 0.351 e. The normalized spacial score (nSPS) is 12.5. The second-order valence-electron chi connectivity index (χ2n) is 6.46. The van der Waals surface area contributed by atoms with Crippen molar-refractivity contribution in [3.05, 3.63) is 47.2 Å². The third-order valence-corrected chi connectivity index (χ3v) is 4.23. The van der Waals surface area contributed by atoms with Crippen molar-refractivity contribution in [2.24, 2.45) is 0 Å². The Labute approximate surface area is 161 Å². The molecule has 3 rings (SSSR count). The molecule has 0 spiro atoms. The van der Waals surface area contributed by atoms with Crippen LogP contribution < -0.4 is 5.32 Å². The molecule has 0 atom stereocenters. The van der Waals surface area contributed by atoms with Crippen molar-refractivity contribution in [1.29, 1.82) is 0 Å². The van der Waals surface area contributed by atoms with Crippen molar-refractivity contribution in [3.8, 4) is 0 Å². The molecule has 3 heterocycles. The molecule has 3 aromatic heterocycles. The van der Waals surface area contributed by atoms with Gasteiger partial charge in [-0.05, 0) is 32.4 Å². The highest BCUT2D eigenvalue weighted by molar-refractivity contribution is 5.93. The molecule has 1 N–H and O–H groups in total. The molecule has 0 aliphatic rings. The number of alkyl halides is 5. The van der Waals surface area contributed by atoms with Crippen LogP contribution in [0.5, 0.6) is 0 Å². The fraction of sp³-hybridized carbons (Fsp3) is 0.412. The van der Waals surface area contributed by atoms with Crippen LogP contribution in [0.25, 0.3) is 5.65 Å². The first-order valence-electron chi connectivity index (χ1n) is 8.60. The number of hydrogen-bond donors (Lipinski definition) is 1. The summed E-state index contributed by atoms with van der Waals surface area (Å²) in [6, 6.07) is 3.50. The van der Waals surface area contributed by atoms with Gasteiger partial charge >= 0.3 is 12.1 Å². The molecule has 156 valence electrons. The SMILES string of the molecule is Cc1cc(C(F)(F)C(F)(F)F)n2nc(C(=O)NCCCn3nccc3C)cc2n1. The molecular formula is C17H17F5N6O. The van der Waals surface area contributed by atoms with Crippen molar-refractivity contribution in [1.82, 2.24) is 29.7 Å². The Balaban J connectivity index is 1.77. The summed E-state index contributed by atoms with van der Waals surface area (Å²) in [5.74, 6) is -5.85. The van der Waals surface area contributed by atoms with E-state index >= 15 is 0 Å². The predicted octanol–water partition coefficient (Wildman–Crippen LogP) is 3.02. The van der Waals surface area contributed by atoms with Gasteiger partial charge < -0.3 is 5.32 Å². The fourth-order valence-corrected chi connectivity index (χ4v) is 2.73. The lowest BCUT2D eigenvalue weighted by molar-refractivity contribution is -0.291. The molecule has 29 heavy (non-hydrogen) atoms. The van der Waals surface area contributed by atoms with Gasteiger partial charge in [0.25, 0.3) is 5.91 Å². The summed E-state index contributed by atoms with van der Waals surface area (Å²) in [5, 5.41) is 10.3. The van der Waals surface area contributed by atoms with Crippen molar-refractivity contribution >= 4 is 11.6 Å². The molecule has 1 amide bonds. The van der Waals surface area contributed by atoms with Crippen LogP contribution in [0, 0.1) is 13.8 Å². The van der Waals surface area contributed by atoms with Crippen LogP contribution in [-0.2, 0) is 12.5 Å². The zero-order chi connectivity index (χ0) is 21.4. The molecule has 0 saturated carbocycles. The second kappa shape index (κ2) is 7.41. The number of nitrogens with one attached hydrogen (secondary N) is 1. The number of carbonyl (C=O) groups is 1. The maximum absolute atomic E-state index is 13.9. The van der Waals surface area contributed by atoms with Gasteiger partial charge in [-0.25, -0.2) is 9.50 Å². The Hall–Kier alpha value is -3.05. The Morgan fingerprint density at radius 1 is 1.17 bits per heavy atom. The molecule has 3 aromatic rings. The highest BCUT2D eigenvalue weighted by atomic mass is 19.4. The average Bonchev–Trinajstić information content (AvgIpc) is 3.22. The fourth-order valence-electron chi connectivity index (χ4n) is 2.73. The number of aromatic nitrogens is 5. The minimum Gasteiger partial charge on any atom is -0.351 e. The largest absolute Gasteiger partial charge is 0.459 e. The maximum Gasteiger partial charge on any atom is 0.459 e. The number of fused-ring (bicyclic) bond motifs is 1. The average molecular weight is 416 g/mol. The molecule has 0 saturated heterocycles. The van der Waals surface area contributed by atoms with E-state index in [1.165, 1.54) is 6.92 Å². The van der Waals surface area contributed by atoms with Crippen LogP contribution >= 0.6 is 0 Å². The van der Waals surface area contributed by atoms with Gasteiger partial charge in [-0.3, -0.25) is 9.48 Å². The summed E-state index contributed by atoms with van der Waals surface area (Å²) in [6.45, 7) is 3.95. The number of aryl methyl sites for hydroxylation is 3. The van der Waals surface area contributed by atoms with Gasteiger partial charge in [0.2, 0.25) is 0 Å². The summed E-state index contributed by atoms with van der Waals surface area (Å²) >= 11 is 0. The van der Waals surface area contributed by atoms with Crippen LogP contribution in [0.15, 0.2) is 24.4 Å². The Kier molecular flexibility index (Phi) is 5.28. The molecule has 12 heteroatoms. The Bertz CT molecular complexity index is 1040. The van der Waals surface area contributed by atoms with Gasteiger partial charge in [-0.1, -0.05) is 0 Å². The van der Waals surface area contributed by atoms with Crippen LogP contribution in [0.3, 0.4) is 0 Å². The first-order chi connectivity index (χ1) is 13.5. The minimum atomic E-state index is -5.81. The van der Waals surface area contributed by atoms with Gasteiger partial charge in [0.15, 0.2) is 11.3 Å². The predicted molar refractivity (Wildman–Crippen MR) is 91.6 cm³/mol. The Morgan fingerprint density at radius 3 is 2.52 bits per heavy atom. The van der Waals surface area contributed by atoms with Crippen molar-refractivity contribution < 1.29 is 26.7 Å². The summed E-state index contributed by atoms with van der Waals surface area (Å²) in [4.78, 5) is 16.1. The molecule has 0 aliphatic carbocycles. The number of carbonyl (C=O) groups excluding carboxylic acids is 1. The van der Waals surface area contributed by atoms with E-state index in [4.69, 9.17) is 0 Å². The van der Waals surface area contributed by atoms with Gasteiger partial charge in [-0.15, -0.1) is 0 Å². The second-order valence-corrected chi connectivity index (χ2v) is 6.46. The minimum absolute atomic E-state index is 0.0575. The lowest BCUT2D eigenvalue weighted by Gasteiger charge is -2.20. The zero-order valence-electron chi connectivity index (χ0n) is 15.5. The number of rotatable bonds is 6. The number of amides is 1. The van der Waals surface area contributed by atoms with E-state index in [1.54, 1.807) is 10.9 Å². The summed E-state index contributed by atoms with van der Waals surface area (Å²) < 4.78 is 68.2. The molecule has 7 nitrogen and oxygen atoms in total. The quantitative estimate of drug-likeness (QED) is 0.495. The van der Waals surface area contributed by atoms with E-state index in [0.29, 0.717) is 23.5 Å². The van der Waals surface area contributed by atoms with Crippen LogP contribution in [0.1, 0.15) is 34.0 Å². The molecular weight excluding hydrogens is 399 g/mol. The van der Waals surface area contributed by atoms with Gasteiger partial charge in [0.1, 0.15) is 5.69 Å². The molecule has 0 unspecified atom stereocenters. The lowest BCUT2D eigenvalue weighted by atomic mass is 10.2. The lowest BCUT2D eigenvalue weighted by Crippen LogP contribution is -2.36. The number of halogens is 5. The highest BCUT2D eigenvalue weighted by Crippen LogP contribution is 2.43. The van der Waals surface area contributed by atoms with E-state index < -0.39 is 23.7 Å². The third kappa shape index (κ3) is 4.05. The summed E-state index contributed by atoms with van der Waals surface area (Å²) in [6.07, 6.45) is -3.63. The maximum atomic E-state index is 13.9. The van der Waals surface area contributed by atoms with Gasteiger partial charge in [0, 0.05) is 36.7 Å². The Morgan fingerprint density at radius 2 is 1.90 bits per heavy atom. The van der Waals surface area contributed by atoms with Crippen LogP contribution in [-0.4, -0.2) is 43.0 Å². The van der Waals surface area contributed by atoms with E-state index in [2.05, 4.69) is 20.5 Å². The zero-order valence-corrected chi connectivity index (χ0v) is 15.5. The highest BCUT2D eigenvalue weighted by Gasteiger charge is 2.60. The number of hydrogen-bond acceptors (Lipinski definition) is 4. The molecule has 0 bridgehead atoms. The van der Waals surface area contributed by atoms with E-state index in [1.807, 2.05) is 13.0 Å². The molecule has 0 radical (unpaired) electrons. The summed E-state index contributed by atoms with van der Waals surface area (Å²) in [7, 11) is 0.